The van der Waals surface area contributed by atoms with Gasteiger partial charge in [0.2, 0.25) is 6.10 Å². The molecule has 2 aromatic rings. The third kappa shape index (κ3) is 4.20. The van der Waals surface area contributed by atoms with Crippen molar-refractivity contribution in [3.05, 3.63) is 41.2 Å². The van der Waals surface area contributed by atoms with Gasteiger partial charge in [0.25, 0.3) is 0 Å². The first-order chi connectivity index (χ1) is 14.9. The Hall–Kier alpha value is -2.96. The van der Waals surface area contributed by atoms with Crippen LogP contribution in [0.5, 0.6) is 0 Å². The van der Waals surface area contributed by atoms with Crippen LogP contribution in [0.1, 0.15) is 35.3 Å². The SMILES string of the molecule is O=C1Nc2nccc(-c3cc(C(F)(F)F)cc(C4CCNCC4F)n3)c2C(C(F)(F)F)O1. The van der Waals surface area contributed by atoms with Crippen LogP contribution >= 0.6 is 0 Å². The summed E-state index contributed by atoms with van der Waals surface area (Å²) in [5.41, 5.74) is -2.92. The van der Waals surface area contributed by atoms with Crippen molar-refractivity contribution in [3.8, 4) is 11.3 Å². The number of aromatic nitrogens is 2. The summed E-state index contributed by atoms with van der Waals surface area (Å²) in [7, 11) is 0. The van der Waals surface area contributed by atoms with Crippen molar-refractivity contribution in [2.45, 2.75) is 37.0 Å². The third-order valence-electron chi connectivity index (χ3n) is 5.23. The highest BCUT2D eigenvalue weighted by Gasteiger charge is 2.49. The molecule has 2 aliphatic heterocycles. The Morgan fingerprint density at radius 1 is 1.12 bits per heavy atom. The summed E-state index contributed by atoms with van der Waals surface area (Å²) in [6.45, 7) is 0.262. The summed E-state index contributed by atoms with van der Waals surface area (Å²) in [6.07, 6.45) is -14.4. The van der Waals surface area contributed by atoms with E-state index in [1.165, 1.54) is 0 Å². The van der Waals surface area contributed by atoms with Crippen molar-refractivity contribution in [1.29, 1.82) is 0 Å². The molecule has 3 atom stereocenters. The van der Waals surface area contributed by atoms with E-state index in [-0.39, 0.29) is 24.2 Å². The quantitative estimate of drug-likeness (QED) is 0.628. The lowest BCUT2D eigenvalue weighted by atomic mass is 9.90. The minimum Gasteiger partial charge on any atom is -0.431 e. The van der Waals surface area contributed by atoms with E-state index in [4.69, 9.17) is 0 Å². The van der Waals surface area contributed by atoms with E-state index in [0.29, 0.717) is 18.7 Å². The van der Waals surface area contributed by atoms with E-state index >= 15 is 0 Å². The van der Waals surface area contributed by atoms with E-state index in [1.807, 2.05) is 5.32 Å². The van der Waals surface area contributed by atoms with Crippen LogP contribution in [0.15, 0.2) is 24.4 Å². The lowest BCUT2D eigenvalue weighted by molar-refractivity contribution is -0.206. The third-order valence-corrected chi connectivity index (χ3v) is 5.23. The maximum atomic E-state index is 14.4. The highest BCUT2D eigenvalue weighted by Crippen LogP contribution is 2.46. The molecule has 6 nitrogen and oxygen atoms in total. The van der Waals surface area contributed by atoms with Gasteiger partial charge in [-0.25, -0.2) is 14.2 Å². The molecular formula is C19H15F7N4O2. The van der Waals surface area contributed by atoms with Crippen molar-refractivity contribution in [3.63, 3.8) is 0 Å². The van der Waals surface area contributed by atoms with Gasteiger partial charge >= 0.3 is 18.4 Å². The molecule has 4 rings (SSSR count). The van der Waals surface area contributed by atoms with Gasteiger partial charge in [0.1, 0.15) is 12.0 Å². The molecule has 2 aromatic heterocycles. The Bertz CT molecular complexity index is 1040. The number of fused-ring (bicyclic) bond motifs is 1. The van der Waals surface area contributed by atoms with Gasteiger partial charge < -0.3 is 10.1 Å². The fourth-order valence-corrected chi connectivity index (χ4v) is 3.78. The highest BCUT2D eigenvalue weighted by molar-refractivity contribution is 5.89. The number of ether oxygens (including phenoxy) is 1. The molecule has 172 valence electrons. The molecule has 0 aromatic carbocycles. The van der Waals surface area contributed by atoms with Crippen LogP contribution in [0.25, 0.3) is 11.3 Å². The predicted octanol–water partition coefficient (Wildman–Crippen LogP) is 4.74. The number of carbonyl (C=O) groups excluding carboxylic acids is 1. The topological polar surface area (TPSA) is 76.1 Å². The first-order valence-electron chi connectivity index (χ1n) is 9.42. The Balaban J connectivity index is 1.92. The standard InChI is InChI=1S/C19H15F7N4O2/c20-11-7-27-3-1-9(11)12-5-8(18(21,22)23)6-13(29-12)10-2-4-28-16-14(10)15(19(24,25)26)32-17(31)30-16/h2,4-6,9,11,15,27H,1,3,7H2,(H,28,30,31). The van der Waals surface area contributed by atoms with Crippen LogP contribution in [-0.4, -0.2) is 41.5 Å². The summed E-state index contributed by atoms with van der Waals surface area (Å²) in [5.74, 6) is -1.48. The fourth-order valence-electron chi connectivity index (χ4n) is 3.78. The van der Waals surface area contributed by atoms with Crippen LogP contribution in [-0.2, 0) is 10.9 Å². The average Bonchev–Trinajstić information content (AvgIpc) is 2.71. The summed E-state index contributed by atoms with van der Waals surface area (Å²) in [5, 5.41) is 4.79. The second-order valence-electron chi connectivity index (χ2n) is 7.35. The molecule has 2 aliphatic rings. The van der Waals surface area contributed by atoms with Gasteiger partial charge in [-0.15, -0.1) is 0 Å². The van der Waals surface area contributed by atoms with E-state index in [0.717, 1.165) is 12.3 Å². The summed E-state index contributed by atoms with van der Waals surface area (Å²) in [6, 6.07) is 2.33. The van der Waals surface area contributed by atoms with Gasteiger partial charge in [0.05, 0.1) is 16.8 Å². The number of pyridine rings is 2. The van der Waals surface area contributed by atoms with Crippen molar-refractivity contribution >= 4 is 11.9 Å². The van der Waals surface area contributed by atoms with Crippen molar-refractivity contribution in [2.75, 3.05) is 18.4 Å². The summed E-state index contributed by atoms with van der Waals surface area (Å²) in [4.78, 5) is 19.3. The molecule has 1 fully saturated rings. The molecule has 1 amide bonds. The predicted molar refractivity (Wildman–Crippen MR) is 96.5 cm³/mol. The molecule has 2 N–H and O–H groups in total. The molecular weight excluding hydrogens is 449 g/mol. The van der Waals surface area contributed by atoms with Crippen molar-refractivity contribution < 1.29 is 40.3 Å². The number of halogens is 7. The number of amides is 1. The average molecular weight is 464 g/mol. The Kier molecular flexibility index (Phi) is 5.47. The maximum absolute atomic E-state index is 14.4. The van der Waals surface area contributed by atoms with E-state index in [2.05, 4.69) is 20.0 Å². The second kappa shape index (κ2) is 7.87. The van der Waals surface area contributed by atoms with Gasteiger partial charge in [-0.1, -0.05) is 0 Å². The number of nitrogens with one attached hydrogen (secondary N) is 2. The smallest absolute Gasteiger partial charge is 0.430 e. The number of carbonyl (C=O) groups is 1. The summed E-state index contributed by atoms with van der Waals surface area (Å²) < 4.78 is 100. The number of rotatable bonds is 2. The molecule has 13 heteroatoms. The largest absolute Gasteiger partial charge is 0.431 e. The molecule has 0 aliphatic carbocycles. The zero-order valence-electron chi connectivity index (χ0n) is 16.0. The van der Waals surface area contributed by atoms with E-state index in [9.17, 15) is 35.5 Å². The number of alkyl halides is 7. The molecule has 32 heavy (non-hydrogen) atoms. The molecule has 1 saturated heterocycles. The zero-order valence-corrected chi connectivity index (χ0v) is 16.0. The normalized spacial score (nSPS) is 23.8. The van der Waals surface area contributed by atoms with E-state index in [1.54, 1.807) is 0 Å². The lowest BCUT2D eigenvalue weighted by Gasteiger charge is -2.29. The summed E-state index contributed by atoms with van der Waals surface area (Å²) >= 11 is 0. The number of piperidine rings is 1. The van der Waals surface area contributed by atoms with Gasteiger partial charge in [0, 0.05) is 29.9 Å². The Labute approximate surface area is 176 Å². The van der Waals surface area contributed by atoms with Gasteiger partial charge in [-0.3, -0.25) is 10.3 Å². The van der Waals surface area contributed by atoms with Crippen molar-refractivity contribution in [2.24, 2.45) is 0 Å². The van der Waals surface area contributed by atoms with Gasteiger partial charge in [0.15, 0.2) is 0 Å². The maximum Gasteiger partial charge on any atom is 0.430 e. The zero-order chi connectivity index (χ0) is 23.3. The monoisotopic (exact) mass is 464 g/mol. The van der Waals surface area contributed by atoms with Gasteiger partial charge in [-0.05, 0) is 31.2 Å². The highest BCUT2D eigenvalue weighted by atomic mass is 19.4. The minimum atomic E-state index is -5.06. The molecule has 3 unspecified atom stereocenters. The minimum absolute atomic E-state index is 0.0847. The van der Waals surface area contributed by atoms with E-state index < -0.39 is 59.3 Å². The molecule has 4 heterocycles. The number of nitrogens with zero attached hydrogens (tertiary/aromatic N) is 2. The fraction of sp³-hybridized carbons (Fsp3) is 0.421. The van der Waals surface area contributed by atoms with Gasteiger partial charge in [-0.2, -0.15) is 26.3 Å². The Morgan fingerprint density at radius 2 is 1.88 bits per heavy atom. The molecule has 0 radical (unpaired) electrons. The van der Waals surface area contributed by atoms with Crippen LogP contribution in [0, 0.1) is 0 Å². The van der Waals surface area contributed by atoms with Crippen molar-refractivity contribution in [1.82, 2.24) is 15.3 Å². The molecule has 0 spiro atoms. The van der Waals surface area contributed by atoms with Crippen LogP contribution < -0.4 is 10.6 Å². The first-order valence-corrected chi connectivity index (χ1v) is 9.42. The first kappa shape index (κ1) is 22.2. The van der Waals surface area contributed by atoms with Crippen LogP contribution in [0.4, 0.5) is 41.3 Å². The van der Waals surface area contributed by atoms with Crippen LogP contribution in [0.3, 0.4) is 0 Å². The number of cyclic esters (lactones) is 1. The lowest BCUT2D eigenvalue weighted by Crippen LogP contribution is -2.37. The second-order valence-corrected chi connectivity index (χ2v) is 7.35. The molecule has 0 saturated carbocycles. The number of hydrogen-bond donors (Lipinski definition) is 2. The number of hydrogen-bond acceptors (Lipinski definition) is 5. The Morgan fingerprint density at radius 3 is 2.53 bits per heavy atom. The van der Waals surface area contributed by atoms with Crippen LogP contribution in [0.2, 0.25) is 0 Å². The number of anilines is 1. The molecule has 0 bridgehead atoms.